The van der Waals surface area contributed by atoms with Gasteiger partial charge in [0, 0.05) is 19.0 Å². The maximum Gasteiger partial charge on any atom is 0.244 e. The number of carbonyl (C=O) groups excluding carboxylic acids is 2. The monoisotopic (exact) mass is 551 g/mol. The molecule has 1 N–H and O–H groups in total. The Bertz CT molecular complexity index is 1340. The molecule has 0 aliphatic heterocycles. The fourth-order valence-electron chi connectivity index (χ4n) is 4.19. The van der Waals surface area contributed by atoms with Crippen molar-refractivity contribution >= 4 is 27.5 Å². The fourth-order valence-corrected chi connectivity index (χ4v) is 5.04. The number of carbonyl (C=O) groups is 2. The number of ether oxygens (including phenoxy) is 1. The third-order valence-electron chi connectivity index (χ3n) is 6.22. The number of aryl methyl sites for hydroxylation is 1. The summed E-state index contributed by atoms with van der Waals surface area (Å²) >= 11 is 0. The van der Waals surface area contributed by atoms with Crippen LogP contribution in [0, 0.1) is 6.92 Å². The standard InChI is InChI=1S/C30H37N3O5S/c1-22(2)31-30(35)28(19-24-9-7-6-8-10-24)32(20-25-13-11-23(3)12-14-25)29(34)21-33(39(5,36)37)26-15-17-27(38-4)18-16-26/h6-18,22,28H,19-21H2,1-5H3,(H,31,35)/t28-/m0/s1. The molecular formula is C30H37N3O5S. The first-order chi connectivity index (χ1) is 18.5. The van der Waals surface area contributed by atoms with Crippen molar-refractivity contribution in [1.29, 1.82) is 0 Å². The Morgan fingerprint density at radius 2 is 1.51 bits per heavy atom. The number of nitrogens with zero attached hydrogens (tertiary/aromatic N) is 2. The van der Waals surface area contributed by atoms with Gasteiger partial charge in [-0.15, -0.1) is 0 Å². The summed E-state index contributed by atoms with van der Waals surface area (Å²) in [6.45, 7) is 5.37. The van der Waals surface area contributed by atoms with Gasteiger partial charge in [0.1, 0.15) is 18.3 Å². The van der Waals surface area contributed by atoms with Crippen LogP contribution in [0.5, 0.6) is 5.75 Å². The minimum Gasteiger partial charge on any atom is -0.497 e. The van der Waals surface area contributed by atoms with Crippen molar-refractivity contribution in [1.82, 2.24) is 10.2 Å². The van der Waals surface area contributed by atoms with E-state index in [1.54, 1.807) is 24.3 Å². The fraction of sp³-hybridized carbons (Fsp3) is 0.333. The normalized spacial score (nSPS) is 12.1. The molecule has 39 heavy (non-hydrogen) atoms. The Balaban J connectivity index is 2.03. The Morgan fingerprint density at radius 3 is 2.05 bits per heavy atom. The Labute approximate surface area is 231 Å². The number of amides is 2. The van der Waals surface area contributed by atoms with Gasteiger partial charge in [0.25, 0.3) is 0 Å². The third kappa shape index (κ3) is 8.58. The molecule has 0 bridgehead atoms. The molecule has 8 nitrogen and oxygen atoms in total. The largest absolute Gasteiger partial charge is 0.497 e. The summed E-state index contributed by atoms with van der Waals surface area (Å²) in [6.07, 6.45) is 1.33. The molecule has 208 valence electrons. The lowest BCUT2D eigenvalue weighted by atomic mass is 10.0. The van der Waals surface area contributed by atoms with E-state index in [2.05, 4.69) is 5.32 Å². The van der Waals surface area contributed by atoms with Crippen LogP contribution in [0.4, 0.5) is 5.69 Å². The molecule has 0 aromatic heterocycles. The van der Waals surface area contributed by atoms with Gasteiger partial charge in [0.05, 0.1) is 19.1 Å². The molecule has 3 aromatic carbocycles. The van der Waals surface area contributed by atoms with E-state index in [-0.39, 0.29) is 24.9 Å². The van der Waals surface area contributed by atoms with E-state index in [0.29, 0.717) is 11.4 Å². The lowest BCUT2D eigenvalue weighted by Gasteiger charge is -2.34. The SMILES string of the molecule is COc1ccc(N(CC(=O)N(Cc2ccc(C)cc2)[C@@H](Cc2ccccc2)C(=O)NC(C)C)S(C)(=O)=O)cc1. The van der Waals surface area contributed by atoms with Gasteiger partial charge in [-0.2, -0.15) is 0 Å². The van der Waals surface area contributed by atoms with Crippen LogP contribution in [0.3, 0.4) is 0 Å². The number of hydrogen-bond donors (Lipinski definition) is 1. The Morgan fingerprint density at radius 1 is 0.897 bits per heavy atom. The minimum absolute atomic E-state index is 0.140. The molecule has 1 atom stereocenters. The summed E-state index contributed by atoms with van der Waals surface area (Å²) in [6, 6.07) is 22.6. The lowest BCUT2D eigenvalue weighted by Crippen LogP contribution is -2.54. The predicted molar refractivity (Wildman–Crippen MR) is 154 cm³/mol. The van der Waals surface area contributed by atoms with Gasteiger partial charge >= 0.3 is 0 Å². The highest BCUT2D eigenvalue weighted by Gasteiger charge is 2.33. The van der Waals surface area contributed by atoms with Crippen molar-refractivity contribution in [2.45, 2.75) is 45.8 Å². The van der Waals surface area contributed by atoms with Gasteiger partial charge in [-0.05, 0) is 56.2 Å². The number of anilines is 1. The maximum absolute atomic E-state index is 14.0. The first kappa shape index (κ1) is 29.7. The quantitative estimate of drug-likeness (QED) is 0.368. The average Bonchev–Trinajstić information content (AvgIpc) is 2.90. The lowest BCUT2D eigenvalue weighted by molar-refractivity contribution is -0.140. The molecule has 9 heteroatoms. The summed E-state index contributed by atoms with van der Waals surface area (Å²) in [5.74, 6) is -0.228. The molecule has 0 unspecified atom stereocenters. The van der Waals surface area contributed by atoms with Crippen LogP contribution in [0.2, 0.25) is 0 Å². The molecule has 0 spiro atoms. The van der Waals surface area contributed by atoms with E-state index < -0.39 is 28.5 Å². The van der Waals surface area contributed by atoms with Crippen LogP contribution in [0.25, 0.3) is 0 Å². The van der Waals surface area contributed by atoms with Crippen molar-refractivity contribution in [2.75, 3.05) is 24.2 Å². The van der Waals surface area contributed by atoms with Crippen molar-refractivity contribution in [2.24, 2.45) is 0 Å². The second-order valence-electron chi connectivity index (χ2n) is 9.84. The number of hydrogen-bond acceptors (Lipinski definition) is 5. The van der Waals surface area contributed by atoms with Gasteiger partial charge in [0.2, 0.25) is 21.8 Å². The molecule has 0 aliphatic rings. The van der Waals surface area contributed by atoms with E-state index in [9.17, 15) is 18.0 Å². The van der Waals surface area contributed by atoms with E-state index in [1.807, 2.05) is 75.4 Å². The summed E-state index contributed by atoms with van der Waals surface area (Å²) < 4.78 is 31.9. The molecule has 0 saturated heterocycles. The Hall–Kier alpha value is -3.85. The smallest absolute Gasteiger partial charge is 0.244 e. The first-order valence-corrected chi connectivity index (χ1v) is 14.6. The van der Waals surface area contributed by atoms with Crippen LogP contribution >= 0.6 is 0 Å². The van der Waals surface area contributed by atoms with Crippen molar-refractivity contribution in [3.05, 3.63) is 95.6 Å². The maximum atomic E-state index is 14.0. The van der Waals surface area contributed by atoms with Gasteiger partial charge < -0.3 is 15.0 Å². The van der Waals surface area contributed by atoms with E-state index >= 15 is 0 Å². The van der Waals surface area contributed by atoms with Gasteiger partial charge in [-0.1, -0.05) is 60.2 Å². The van der Waals surface area contributed by atoms with Crippen LogP contribution in [-0.2, 0) is 32.6 Å². The zero-order valence-corrected chi connectivity index (χ0v) is 23.9. The summed E-state index contributed by atoms with van der Waals surface area (Å²) in [4.78, 5) is 29.0. The number of methoxy groups -OCH3 is 1. The van der Waals surface area contributed by atoms with Crippen LogP contribution in [0.15, 0.2) is 78.9 Å². The molecule has 3 rings (SSSR count). The number of rotatable bonds is 12. The highest BCUT2D eigenvalue weighted by Crippen LogP contribution is 2.23. The molecular weight excluding hydrogens is 514 g/mol. The van der Waals surface area contributed by atoms with Crippen LogP contribution in [0.1, 0.15) is 30.5 Å². The Kier molecular flexibility index (Phi) is 10.1. The highest BCUT2D eigenvalue weighted by atomic mass is 32.2. The number of sulfonamides is 1. The van der Waals surface area contributed by atoms with Crippen LogP contribution < -0.4 is 14.4 Å². The second-order valence-corrected chi connectivity index (χ2v) is 11.8. The highest BCUT2D eigenvalue weighted by molar-refractivity contribution is 7.92. The average molecular weight is 552 g/mol. The molecule has 0 radical (unpaired) electrons. The summed E-state index contributed by atoms with van der Waals surface area (Å²) in [5, 5.41) is 2.94. The molecule has 3 aromatic rings. The van der Waals surface area contributed by atoms with Gasteiger partial charge in [0.15, 0.2) is 0 Å². The number of nitrogens with one attached hydrogen (secondary N) is 1. The van der Waals surface area contributed by atoms with Gasteiger partial charge in [-0.25, -0.2) is 8.42 Å². The molecule has 0 saturated carbocycles. The third-order valence-corrected chi connectivity index (χ3v) is 7.36. The molecule has 0 aliphatic carbocycles. The van der Waals surface area contributed by atoms with Crippen molar-refractivity contribution in [3.8, 4) is 5.75 Å². The number of benzene rings is 3. The topological polar surface area (TPSA) is 96.0 Å². The molecule has 0 fully saturated rings. The van der Waals surface area contributed by atoms with Crippen LogP contribution in [-0.4, -0.2) is 57.1 Å². The predicted octanol–water partition coefficient (Wildman–Crippen LogP) is 3.93. The van der Waals surface area contributed by atoms with E-state index in [1.165, 1.54) is 12.0 Å². The minimum atomic E-state index is -3.82. The zero-order valence-electron chi connectivity index (χ0n) is 23.1. The zero-order chi connectivity index (χ0) is 28.6. The summed E-state index contributed by atoms with van der Waals surface area (Å²) in [7, 11) is -2.31. The van der Waals surface area contributed by atoms with Crippen molar-refractivity contribution in [3.63, 3.8) is 0 Å². The van der Waals surface area contributed by atoms with Crippen molar-refractivity contribution < 1.29 is 22.7 Å². The van der Waals surface area contributed by atoms with Gasteiger partial charge in [-0.3, -0.25) is 13.9 Å². The first-order valence-electron chi connectivity index (χ1n) is 12.8. The molecule has 2 amide bonds. The molecule has 0 heterocycles. The summed E-state index contributed by atoms with van der Waals surface area (Å²) in [5.41, 5.74) is 3.11. The van der Waals surface area contributed by atoms with E-state index in [4.69, 9.17) is 4.74 Å². The van der Waals surface area contributed by atoms with E-state index in [0.717, 1.165) is 27.3 Å². The second kappa shape index (κ2) is 13.3.